The highest BCUT2D eigenvalue weighted by molar-refractivity contribution is 5.20. The van der Waals surface area contributed by atoms with Crippen molar-refractivity contribution in [2.24, 2.45) is 0 Å². The minimum absolute atomic E-state index is 0.110. The number of hydrogen-bond donors (Lipinski definition) is 5. The Hall–Kier alpha value is -1.18. The van der Waals surface area contributed by atoms with Gasteiger partial charge in [-0.3, -0.25) is 0 Å². The molecule has 0 aliphatic carbocycles. The van der Waals surface area contributed by atoms with E-state index >= 15 is 0 Å². The lowest BCUT2D eigenvalue weighted by atomic mass is 10.0. The second kappa shape index (κ2) is 8.08. The molecule has 6 nitrogen and oxygen atoms in total. The van der Waals surface area contributed by atoms with Crippen molar-refractivity contribution in [2.75, 3.05) is 33.0 Å². The number of ether oxygens (including phenoxy) is 1. The lowest BCUT2D eigenvalue weighted by Gasteiger charge is -2.26. The molecule has 6 N–H and O–H groups in total. The number of para-hydroxylation sites is 1. The van der Waals surface area contributed by atoms with E-state index in [1.807, 2.05) is 18.2 Å². The van der Waals surface area contributed by atoms with Crippen LogP contribution in [0, 0.1) is 0 Å². The van der Waals surface area contributed by atoms with Gasteiger partial charge >= 0.3 is 0 Å². The third-order valence-electron chi connectivity index (χ3n) is 2.95. The fourth-order valence-electron chi connectivity index (χ4n) is 1.51. The molecule has 19 heavy (non-hydrogen) atoms. The van der Waals surface area contributed by atoms with Gasteiger partial charge in [0.2, 0.25) is 0 Å². The second-order valence-corrected chi connectivity index (χ2v) is 4.55. The maximum atomic E-state index is 9.76. The molecule has 0 heterocycles. The third-order valence-corrected chi connectivity index (χ3v) is 2.95. The Balaban J connectivity index is 2.33. The molecule has 0 saturated heterocycles. The van der Waals surface area contributed by atoms with E-state index in [1.54, 1.807) is 12.1 Å². The summed E-state index contributed by atoms with van der Waals surface area (Å²) in [6, 6.07) is 9.12. The van der Waals surface area contributed by atoms with Gasteiger partial charge in [0.25, 0.3) is 0 Å². The number of benzene rings is 1. The van der Waals surface area contributed by atoms with E-state index in [1.165, 1.54) is 5.32 Å². The van der Waals surface area contributed by atoms with Crippen LogP contribution in [0.5, 0.6) is 5.75 Å². The van der Waals surface area contributed by atoms with E-state index < -0.39 is 11.6 Å². The van der Waals surface area contributed by atoms with Gasteiger partial charge in [-0.15, -0.1) is 0 Å². The topological polar surface area (TPSA) is 107 Å². The summed E-state index contributed by atoms with van der Waals surface area (Å²) in [6.07, 6.45) is -0.760. The number of quaternary nitrogens is 1. The van der Waals surface area contributed by atoms with E-state index in [9.17, 15) is 5.11 Å². The van der Waals surface area contributed by atoms with Crippen LogP contribution in [0.4, 0.5) is 0 Å². The summed E-state index contributed by atoms with van der Waals surface area (Å²) in [4.78, 5) is 0. The van der Waals surface area contributed by atoms with Crippen molar-refractivity contribution < 1.29 is 30.5 Å². The van der Waals surface area contributed by atoms with Crippen LogP contribution >= 0.6 is 0 Å². The molecular weight excluding hydrogens is 250 g/mol. The Morgan fingerprint density at radius 2 is 1.63 bits per heavy atom. The first-order valence-corrected chi connectivity index (χ1v) is 6.18. The minimum Gasteiger partial charge on any atom is -0.491 e. The zero-order valence-corrected chi connectivity index (χ0v) is 10.8. The van der Waals surface area contributed by atoms with Gasteiger partial charge in [-0.05, 0) is 12.1 Å². The molecule has 108 valence electrons. The van der Waals surface area contributed by atoms with Crippen LogP contribution in [0.2, 0.25) is 0 Å². The largest absolute Gasteiger partial charge is 0.491 e. The number of hydrogen-bond acceptors (Lipinski definition) is 5. The number of nitrogens with two attached hydrogens (primary N) is 1. The molecular formula is C13H22NO5+. The molecule has 0 aliphatic heterocycles. The summed E-state index contributed by atoms with van der Waals surface area (Å²) < 4.78 is 5.38. The molecule has 0 unspecified atom stereocenters. The standard InChI is InChI=1S/C13H21NO5/c15-8-13(9-16,10-17)14-6-11(18)7-19-12-4-2-1-3-5-12/h1-5,11,14-18H,6-10H2/p+1/t11-/m0/s1. The van der Waals surface area contributed by atoms with Gasteiger partial charge in [0.1, 0.15) is 44.8 Å². The number of aliphatic hydroxyl groups excluding tert-OH is 4. The molecule has 0 aromatic heterocycles. The first-order valence-electron chi connectivity index (χ1n) is 6.18. The summed E-state index contributed by atoms with van der Waals surface area (Å²) in [6.45, 7) is -0.780. The average molecular weight is 272 g/mol. The maximum absolute atomic E-state index is 9.76. The highest BCUT2D eigenvalue weighted by Crippen LogP contribution is 2.08. The SMILES string of the molecule is OCC(CO)(CO)[NH2+]C[C@H](O)COc1ccccc1. The summed E-state index contributed by atoms with van der Waals surface area (Å²) >= 11 is 0. The molecule has 1 aromatic rings. The van der Waals surface area contributed by atoms with Crippen LogP contribution in [0.25, 0.3) is 0 Å². The Bertz CT molecular complexity index is 334. The highest BCUT2D eigenvalue weighted by atomic mass is 16.5. The lowest BCUT2D eigenvalue weighted by Crippen LogP contribution is -3.01. The molecule has 0 bridgehead atoms. The monoisotopic (exact) mass is 272 g/mol. The van der Waals surface area contributed by atoms with Crippen molar-refractivity contribution in [2.45, 2.75) is 11.6 Å². The predicted molar refractivity (Wildman–Crippen MR) is 68.7 cm³/mol. The van der Waals surface area contributed by atoms with E-state index in [0.717, 1.165) is 0 Å². The van der Waals surface area contributed by atoms with Crippen LogP contribution in [0.3, 0.4) is 0 Å². The zero-order chi connectivity index (χ0) is 14.1. The van der Waals surface area contributed by atoms with Gasteiger partial charge in [-0.25, -0.2) is 0 Å². The van der Waals surface area contributed by atoms with Crippen molar-refractivity contribution in [1.29, 1.82) is 0 Å². The summed E-state index contributed by atoms with van der Waals surface area (Å²) in [5.74, 6) is 0.666. The second-order valence-electron chi connectivity index (χ2n) is 4.55. The van der Waals surface area contributed by atoms with Crippen molar-refractivity contribution >= 4 is 0 Å². The predicted octanol–water partition coefficient (Wildman–Crippen LogP) is -2.29. The van der Waals surface area contributed by atoms with Gasteiger partial charge in [-0.2, -0.15) is 0 Å². The van der Waals surface area contributed by atoms with Crippen LogP contribution in [-0.4, -0.2) is 65.0 Å². The van der Waals surface area contributed by atoms with Gasteiger partial charge < -0.3 is 30.5 Å². The van der Waals surface area contributed by atoms with E-state index in [4.69, 9.17) is 20.1 Å². The zero-order valence-electron chi connectivity index (χ0n) is 10.8. The molecule has 1 aromatic carbocycles. The van der Waals surface area contributed by atoms with Crippen molar-refractivity contribution in [3.63, 3.8) is 0 Å². The van der Waals surface area contributed by atoms with E-state index in [2.05, 4.69) is 0 Å². The van der Waals surface area contributed by atoms with E-state index in [0.29, 0.717) is 5.75 Å². The first kappa shape index (κ1) is 15.9. The Morgan fingerprint density at radius 1 is 1.05 bits per heavy atom. The van der Waals surface area contributed by atoms with Crippen molar-refractivity contribution in [3.05, 3.63) is 30.3 Å². The van der Waals surface area contributed by atoms with Crippen LogP contribution < -0.4 is 10.1 Å². The Kier molecular flexibility index (Phi) is 6.75. The highest BCUT2D eigenvalue weighted by Gasteiger charge is 2.32. The molecule has 6 heteroatoms. The molecule has 1 atom stereocenters. The minimum atomic E-state index is -1.06. The molecule has 0 amide bonds. The van der Waals surface area contributed by atoms with Gasteiger partial charge in [0.05, 0.1) is 0 Å². The lowest BCUT2D eigenvalue weighted by molar-refractivity contribution is -0.737. The van der Waals surface area contributed by atoms with Crippen LogP contribution in [-0.2, 0) is 0 Å². The number of aliphatic hydroxyl groups is 4. The summed E-state index contributed by atoms with van der Waals surface area (Å²) in [5.41, 5.74) is -1.06. The average Bonchev–Trinajstić information content (AvgIpc) is 2.48. The first-order chi connectivity index (χ1) is 9.15. The fourth-order valence-corrected chi connectivity index (χ4v) is 1.51. The molecule has 0 aliphatic rings. The normalized spacial score (nSPS) is 13.3. The molecule has 0 spiro atoms. The quantitative estimate of drug-likeness (QED) is 0.348. The van der Waals surface area contributed by atoms with E-state index in [-0.39, 0.29) is 33.0 Å². The van der Waals surface area contributed by atoms with Crippen molar-refractivity contribution in [1.82, 2.24) is 0 Å². The molecule has 0 radical (unpaired) electrons. The molecule has 0 saturated carbocycles. The molecule has 0 fully saturated rings. The van der Waals surface area contributed by atoms with Gasteiger partial charge in [0.15, 0.2) is 5.54 Å². The summed E-state index contributed by atoms with van der Waals surface area (Å²) in [5, 5.41) is 38.7. The maximum Gasteiger partial charge on any atom is 0.166 e. The Morgan fingerprint density at radius 3 is 2.16 bits per heavy atom. The van der Waals surface area contributed by atoms with Gasteiger partial charge in [0, 0.05) is 0 Å². The van der Waals surface area contributed by atoms with Crippen LogP contribution in [0.1, 0.15) is 0 Å². The summed E-state index contributed by atoms with van der Waals surface area (Å²) in [7, 11) is 0. The van der Waals surface area contributed by atoms with Gasteiger partial charge in [-0.1, -0.05) is 18.2 Å². The molecule has 1 rings (SSSR count). The third kappa shape index (κ3) is 5.14. The van der Waals surface area contributed by atoms with Crippen molar-refractivity contribution in [3.8, 4) is 5.75 Å². The smallest absolute Gasteiger partial charge is 0.166 e. The fraction of sp³-hybridized carbons (Fsp3) is 0.538. The Labute approximate surface area is 112 Å². The van der Waals surface area contributed by atoms with Crippen LogP contribution in [0.15, 0.2) is 30.3 Å². The number of rotatable bonds is 9.